The molecule has 0 saturated heterocycles. The van der Waals surface area contributed by atoms with Gasteiger partial charge in [0, 0.05) is 6.42 Å². The van der Waals surface area contributed by atoms with Gasteiger partial charge in [0.2, 0.25) is 0 Å². The van der Waals surface area contributed by atoms with Gasteiger partial charge >= 0.3 is 11.9 Å². The molecule has 0 fully saturated rings. The summed E-state index contributed by atoms with van der Waals surface area (Å²) in [5, 5.41) is 18.0. The molecule has 0 atom stereocenters. The minimum Gasteiger partial charge on any atom is -0.481 e. The number of carbonyl (C=O) groups is 2. The molecule has 0 aliphatic heterocycles. The van der Waals surface area contributed by atoms with Crippen LogP contribution in [0.5, 0.6) is 0 Å². The molecule has 0 unspecified atom stereocenters. The van der Waals surface area contributed by atoms with E-state index in [1.165, 1.54) is 0 Å². The van der Waals surface area contributed by atoms with E-state index in [1.807, 2.05) is 0 Å². The van der Waals surface area contributed by atoms with Gasteiger partial charge in [0.1, 0.15) is 0 Å². The molecular weight excluding hydrogens is 296 g/mol. The largest absolute Gasteiger partial charge is 0.481 e. The van der Waals surface area contributed by atoms with Crippen LogP contribution in [0.3, 0.4) is 0 Å². The van der Waals surface area contributed by atoms with Gasteiger partial charge in [-0.3, -0.25) is 9.59 Å². The molecule has 4 nitrogen and oxygen atoms in total. The zero-order valence-electron chi connectivity index (χ0n) is 11.9. The van der Waals surface area contributed by atoms with Crippen molar-refractivity contribution in [1.29, 1.82) is 0 Å². The second-order valence-corrected chi connectivity index (χ2v) is 6.09. The highest BCUT2D eigenvalue weighted by Crippen LogP contribution is 2.34. The minimum atomic E-state index is -0.752. The molecule has 0 saturated carbocycles. The van der Waals surface area contributed by atoms with Crippen LogP contribution in [0.25, 0.3) is 0 Å². The van der Waals surface area contributed by atoms with Gasteiger partial charge in [-0.1, -0.05) is 25.7 Å². The fraction of sp³-hybridized carbons (Fsp3) is 0.857. The molecule has 2 N–H and O–H groups in total. The van der Waals surface area contributed by atoms with E-state index in [-0.39, 0.29) is 6.42 Å². The summed E-state index contributed by atoms with van der Waals surface area (Å²) < 4.78 is 0. The van der Waals surface area contributed by atoms with Gasteiger partial charge < -0.3 is 10.2 Å². The monoisotopic (exact) mass is 322 g/mol. The number of aliphatic carboxylic acids is 2. The summed E-state index contributed by atoms with van der Waals surface area (Å²) >= 11 is 8.34. The molecule has 0 aliphatic carbocycles. The van der Waals surface area contributed by atoms with E-state index >= 15 is 0 Å². The summed E-state index contributed by atoms with van der Waals surface area (Å²) in [4.78, 5) is 21.9. The molecule has 0 spiro atoms. The third-order valence-corrected chi connectivity index (χ3v) is 4.13. The van der Waals surface area contributed by atoms with Crippen LogP contribution in [0, 0.1) is 5.41 Å². The third kappa shape index (κ3) is 8.04. The smallest absolute Gasteiger partial charge is 0.309 e. The minimum absolute atomic E-state index is 0.221. The van der Waals surface area contributed by atoms with Crippen LogP contribution in [0.2, 0.25) is 0 Å². The maximum absolute atomic E-state index is 11.5. The molecule has 0 heterocycles. The topological polar surface area (TPSA) is 74.6 Å². The molecule has 0 radical (unpaired) electrons. The first kappa shape index (κ1) is 19.6. The molecule has 0 aromatic carbocycles. The second kappa shape index (κ2) is 11.3. The summed E-state index contributed by atoms with van der Waals surface area (Å²) in [6.45, 7) is 0. The lowest BCUT2D eigenvalue weighted by molar-refractivity contribution is -0.150. The van der Waals surface area contributed by atoms with E-state index in [0.717, 1.165) is 25.7 Å². The molecule has 118 valence electrons. The van der Waals surface area contributed by atoms with E-state index in [2.05, 4.69) is 25.3 Å². The van der Waals surface area contributed by atoms with Crippen LogP contribution in [0.15, 0.2) is 0 Å². The molecule has 0 bridgehead atoms. The zero-order chi connectivity index (χ0) is 15.4. The number of carboxylic acids is 2. The van der Waals surface area contributed by atoms with Gasteiger partial charge in [-0.2, -0.15) is 25.3 Å². The standard InChI is InChI=1S/C14H26O4S2/c15-12(16)6-4-2-1-3-5-7-14(8-10-19,9-11-20)13(17)18/h19-20H,1-11H2,(H,15,16)(H,17,18). The number of rotatable bonds is 13. The van der Waals surface area contributed by atoms with Crippen LogP contribution < -0.4 is 0 Å². The Labute approximate surface area is 132 Å². The van der Waals surface area contributed by atoms with Crippen molar-refractivity contribution in [2.24, 2.45) is 5.41 Å². The number of unbranched alkanes of at least 4 members (excludes halogenated alkanes) is 4. The predicted octanol–water partition coefficient (Wildman–Crippen LogP) is 3.51. The van der Waals surface area contributed by atoms with E-state index in [4.69, 9.17) is 5.11 Å². The third-order valence-electron chi connectivity index (χ3n) is 3.68. The van der Waals surface area contributed by atoms with Crippen molar-refractivity contribution in [3.63, 3.8) is 0 Å². The Balaban J connectivity index is 4.01. The summed E-state index contributed by atoms with van der Waals surface area (Å²) in [5.74, 6) is -0.360. The second-order valence-electron chi connectivity index (χ2n) is 5.19. The number of thiol groups is 2. The molecule has 0 aromatic heterocycles. The Bertz CT molecular complexity index is 289. The van der Waals surface area contributed by atoms with Crippen molar-refractivity contribution < 1.29 is 19.8 Å². The van der Waals surface area contributed by atoms with E-state index in [1.54, 1.807) is 0 Å². The van der Waals surface area contributed by atoms with E-state index in [9.17, 15) is 14.7 Å². The Kier molecular flexibility index (Phi) is 11.1. The van der Waals surface area contributed by atoms with Gasteiger partial charge in [0.05, 0.1) is 5.41 Å². The van der Waals surface area contributed by atoms with E-state index in [0.29, 0.717) is 37.2 Å². The van der Waals surface area contributed by atoms with Crippen molar-refractivity contribution in [2.45, 2.75) is 57.8 Å². The molecular formula is C14H26O4S2. The Morgan fingerprint density at radius 3 is 1.75 bits per heavy atom. The summed E-state index contributed by atoms with van der Waals surface area (Å²) in [7, 11) is 0. The predicted molar refractivity (Wildman–Crippen MR) is 87.0 cm³/mol. The molecule has 6 heteroatoms. The highest BCUT2D eigenvalue weighted by atomic mass is 32.1. The first-order valence-corrected chi connectivity index (χ1v) is 8.42. The fourth-order valence-electron chi connectivity index (χ4n) is 2.39. The maximum atomic E-state index is 11.5. The van der Waals surface area contributed by atoms with Crippen LogP contribution in [0.4, 0.5) is 0 Å². The van der Waals surface area contributed by atoms with Crippen LogP contribution in [0.1, 0.15) is 57.8 Å². The van der Waals surface area contributed by atoms with Gasteiger partial charge in [-0.15, -0.1) is 0 Å². The van der Waals surface area contributed by atoms with Crippen molar-refractivity contribution in [3.05, 3.63) is 0 Å². The average Bonchev–Trinajstić information content (AvgIpc) is 2.37. The Hall–Kier alpha value is -0.360. The average molecular weight is 322 g/mol. The van der Waals surface area contributed by atoms with Gasteiger partial charge in [0.15, 0.2) is 0 Å². The highest BCUT2D eigenvalue weighted by molar-refractivity contribution is 7.80. The Morgan fingerprint density at radius 1 is 0.800 bits per heavy atom. The van der Waals surface area contributed by atoms with Crippen LogP contribution in [-0.4, -0.2) is 33.7 Å². The molecule has 20 heavy (non-hydrogen) atoms. The quantitative estimate of drug-likeness (QED) is 0.309. The lowest BCUT2D eigenvalue weighted by atomic mass is 9.77. The van der Waals surface area contributed by atoms with Crippen molar-refractivity contribution in [1.82, 2.24) is 0 Å². The van der Waals surface area contributed by atoms with Gasteiger partial charge in [0.25, 0.3) is 0 Å². The normalized spacial score (nSPS) is 11.5. The summed E-state index contributed by atoms with van der Waals surface area (Å²) in [6.07, 6.45) is 6.40. The number of hydrogen-bond donors (Lipinski definition) is 4. The number of carboxylic acid groups (broad SMARTS) is 2. The first-order valence-electron chi connectivity index (χ1n) is 7.15. The SMILES string of the molecule is O=C(O)CCCCCCCC(CCS)(CCS)C(=O)O. The number of hydrogen-bond acceptors (Lipinski definition) is 4. The first-order chi connectivity index (χ1) is 9.48. The maximum Gasteiger partial charge on any atom is 0.309 e. The Morgan fingerprint density at radius 2 is 1.30 bits per heavy atom. The molecule has 0 rings (SSSR count). The lowest BCUT2D eigenvalue weighted by Gasteiger charge is -2.28. The molecule has 0 amide bonds. The lowest BCUT2D eigenvalue weighted by Crippen LogP contribution is -2.32. The van der Waals surface area contributed by atoms with E-state index < -0.39 is 17.4 Å². The molecule has 0 aliphatic rings. The van der Waals surface area contributed by atoms with Crippen LogP contribution in [-0.2, 0) is 9.59 Å². The van der Waals surface area contributed by atoms with Gasteiger partial charge in [-0.25, -0.2) is 0 Å². The van der Waals surface area contributed by atoms with Crippen LogP contribution >= 0.6 is 25.3 Å². The van der Waals surface area contributed by atoms with Crippen molar-refractivity contribution in [3.8, 4) is 0 Å². The van der Waals surface area contributed by atoms with Crippen molar-refractivity contribution in [2.75, 3.05) is 11.5 Å². The van der Waals surface area contributed by atoms with Crippen molar-refractivity contribution >= 4 is 37.2 Å². The zero-order valence-corrected chi connectivity index (χ0v) is 13.7. The summed E-state index contributed by atoms with van der Waals surface area (Å²) in [5.41, 5.74) is -0.690. The fourth-order valence-corrected chi connectivity index (χ4v) is 3.25. The van der Waals surface area contributed by atoms with Gasteiger partial charge in [-0.05, 0) is 37.2 Å². The molecule has 0 aromatic rings. The summed E-state index contributed by atoms with van der Waals surface area (Å²) in [6, 6.07) is 0. The highest BCUT2D eigenvalue weighted by Gasteiger charge is 2.36.